The Morgan fingerprint density at radius 1 is 1.41 bits per heavy atom. The molecule has 3 nitrogen and oxygen atoms in total. The van der Waals surface area contributed by atoms with Crippen LogP contribution in [0.2, 0.25) is 0 Å². The van der Waals surface area contributed by atoms with Gasteiger partial charge in [-0.25, -0.2) is 4.39 Å². The molecule has 0 unspecified atom stereocenters. The lowest BCUT2D eigenvalue weighted by Crippen LogP contribution is -2.32. The van der Waals surface area contributed by atoms with Gasteiger partial charge in [0.25, 0.3) is 0 Å². The second-order valence-corrected chi connectivity index (χ2v) is 4.67. The molecular weight excluding hydrogens is 221 g/mol. The van der Waals surface area contributed by atoms with Crippen LogP contribution < -0.4 is 10.5 Å². The van der Waals surface area contributed by atoms with Crippen LogP contribution in [-0.2, 0) is 5.41 Å². The summed E-state index contributed by atoms with van der Waals surface area (Å²) in [6.07, 6.45) is 4.15. The van der Waals surface area contributed by atoms with Crippen LogP contribution in [0.25, 0.3) is 0 Å². The van der Waals surface area contributed by atoms with E-state index in [0.29, 0.717) is 6.54 Å². The van der Waals surface area contributed by atoms with Gasteiger partial charge in [-0.3, -0.25) is 0 Å². The number of methoxy groups -OCH3 is 1. The van der Waals surface area contributed by atoms with E-state index < -0.39 is 11.6 Å². The van der Waals surface area contributed by atoms with Crippen molar-refractivity contribution in [3.05, 3.63) is 23.5 Å². The van der Waals surface area contributed by atoms with E-state index in [2.05, 4.69) is 0 Å². The zero-order valence-corrected chi connectivity index (χ0v) is 10.0. The molecule has 1 aromatic carbocycles. The number of phenols is 1. The Bertz CT molecular complexity index is 414. The van der Waals surface area contributed by atoms with Crippen molar-refractivity contribution in [2.45, 2.75) is 31.1 Å². The van der Waals surface area contributed by atoms with Crippen LogP contribution in [0.5, 0.6) is 11.5 Å². The molecule has 0 bridgehead atoms. The van der Waals surface area contributed by atoms with Crippen LogP contribution in [0.3, 0.4) is 0 Å². The molecule has 17 heavy (non-hydrogen) atoms. The molecule has 1 aromatic rings. The van der Waals surface area contributed by atoms with Gasteiger partial charge in [0, 0.05) is 17.5 Å². The molecule has 1 saturated carbocycles. The van der Waals surface area contributed by atoms with Crippen LogP contribution >= 0.6 is 0 Å². The van der Waals surface area contributed by atoms with Crippen molar-refractivity contribution in [1.82, 2.24) is 0 Å². The Labute approximate surface area is 100 Å². The smallest absolute Gasteiger partial charge is 0.194 e. The van der Waals surface area contributed by atoms with E-state index in [1.807, 2.05) is 0 Å². The maximum atomic E-state index is 13.3. The van der Waals surface area contributed by atoms with Crippen LogP contribution in [0.15, 0.2) is 12.1 Å². The first-order chi connectivity index (χ1) is 8.14. The van der Waals surface area contributed by atoms with E-state index in [1.54, 1.807) is 6.07 Å². The summed E-state index contributed by atoms with van der Waals surface area (Å²) in [5, 5.41) is 9.71. The number of hydrogen-bond donors (Lipinski definition) is 2. The van der Waals surface area contributed by atoms with E-state index in [1.165, 1.54) is 13.2 Å². The van der Waals surface area contributed by atoms with Gasteiger partial charge >= 0.3 is 0 Å². The van der Waals surface area contributed by atoms with Gasteiger partial charge in [-0.15, -0.1) is 0 Å². The summed E-state index contributed by atoms with van der Waals surface area (Å²) in [7, 11) is 1.44. The highest BCUT2D eigenvalue weighted by atomic mass is 19.1. The Balaban J connectivity index is 2.54. The third kappa shape index (κ3) is 1.86. The summed E-state index contributed by atoms with van der Waals surface area (Å²) in [6.45, 7) is 0.494. The van der Waals surface area contributed by atoms with Crippen LogP contribution in [-0.4, -0.2) is 18.8 Å². The van der Waals surface area contributed by atoms with Gasteiger partial charge in [0.05, 0.1) is 7.11 Å². The number of halogens is 1. The molecule has 0 aliphatic heterocycles. The molecule has 0 heterocycles. The van der Waals surface area contributed by atoms with Gasteiger partial charge in [-0.05, 0) is 18.9 Å². The third-order valence-electron chi connectivity index (χ3n) is 3.81. The van der Waals surface area contributed by atoms with Gasteiger partial charge in [0.2, 0.25) is 0 Å². The number of phenolic OH excluding ortho intramolecular Hbond substituents is 1. The van der Waals surface area contributed by atoms with Crippen molar-refractivity contribution in [2.75, 3.05) is 13.7 Å². The van der Waals surface area contributed by atoms with E-state index in [4.69, 9.17) is 10.5 Å². The zero-order chi connectivity index (χ0) is 12.5. The fourth-order valence-corrected chi connectivity index (χ4v) is 2.81. The maximum Gasteiger partial charge on any atom is 0.194 e. The second-order valence-electron chi connectivity index (χ2n) is 4.67. The number of ether oxygens (including phenoxy) is 1. The van der Waals surface area contributed by atoms with Gasteiger partial charge < -0.3 is 15.6 Å². The second kappa shape index (κ2) is 4.53. The molecule has 0 spiro atoms. The number of rotatable bonds is 3. The van der Waals surface area contributed by atoms with Crippen molar-refractivity contribution in [2.24, 2.45) is 5.73 Å². The van der Waals surface area contributed by atoms with E-state index in [9.17, 15) is 9.50 Å². The predicted octanol–water partition coefficient (Wildman–Crippen LogP) is 2.31. The lowest BCUT2D eigenvalue weighted by atomic mass is 9.78. The Morgan fingerprint density at radius 3 is 2.59 bits per heavy atom. The fourth-order valence-electron chi connectivity index (χ4n) is 2.81. The number of nitrogens with two attached hydrogens (primary N) is 1. The normalized spacial score (nSPS) is 18.3. The first-order valence-electron chi connectivity index (χ1n) is 5.90. The first-order valence-corrected chi connectivity index (χ1v) is 5.90. The summed E-state index contributed by atoms with van der Waals surface area (Å²) in [5.74, 6) is -0.835. The minimum atomic E-state index is -0.657. The quantitative estimate of drug-likeness (QED) is 0.851. The average molecular weight is 239 g/mol. The van der Waals surface area contributed by atoms with Crippen LogP contribution in [0.1, 0.15) is 31.2 Å². The fraction of sp³-hybridized carbons (Fsp3) is 0.538. The molecule has 1 aliphatic carbocycles. The maximum absolute atomic E-state index is 13.3. The van der Waals surface area contributed by atoms with Crippen molar-refractivity contribution in [3.63, 3.8) is 0 Å². The average Bonchev–Trinajstić information content (AvgIpc) is 2.82. The summed E-state index contributed by atoms with van der Waals surface area (Å²) in [5.41, 5.74) is 6.54. The van der Waals surface area contributed by atoms with Gasteiger partial charge in [-0.2, -0.15) is 0 Å². The summed E-state index contributed by atoms with van der Waals surface area (Å²) in [6, 6.07) is 2.97. The molecule has 0 amide bonds. The van der Waals surface area contributed by atoms with E-state index >= 15 is 0 Å². The number of aromatic hydroxyl groups is 1. The third-order valence-corrected chi connectivity index (χ3v) is 3.81. The van der Waals surface area contributed by atoms with E-state index in [0.717, 1.165) is 31.2 Å². The molecule has 0 saturated heterocycles. The van der Waals surface area contributed by atoms with Gasteiger partial charge in [0.15, 0.2) is 17.3 Å². The lowest BCUT2D eigenvalue weighted by molar-refractivity contribution is 0.336. The zero-order valence-electron chi connectivity index (χ0n) is 10.0. The van der Waals surface area contributed by atoms with E-state index in [-0.39, 0.29) is 11.2 Å². The minimum absolute atomic E-state index is 0.170. The Kier molecular flexibility index (Phi) is 3.24. The number of hydrogen-bond acceptors (Lipinski definition) is 3. The van der Waals surface area contributed by atoms with Gasteiger partial charge in [-0.1, -0.05) is 18.9 Å². The highest BCUT2D eigenvalue weighted by molar-refractivity contribution is 5.50. The molecule has 0 atom stereocenters. The molecular formula is C13H18FNO2. The molecule has 0 radical (unpaired) electrons. The molecule has 4 heteroatoms. The van der Waals surface area contributed by atoms with Crippen molar-refractivity contribution in [3.8, 4) is 11.5 Å². The highest BCUT2D eigenvalue weighted by Gasteiger charge is 2.37. The summed E-state index contributed by atoms with van der Waals surface area (Å²) in [4.78, 5) is 0. The highest BCUT2D eigenvalue weighted by Crippen LogP contribution is 2.47. The number of benzene rings is 1. The largest absolute Gasteiger partial charge is 0.502 e. The van der Waals surface area contributed by atoms with Crippen LogP contribution in [0, 0.1) is 5.82 Å². The predicted molar refractivity (Wildman–Crippen MR) is 63.8 cm³/mol. The summed E-state index contributed by atoms with van der Waals surface area (Å²) < 4.78 is 18.5. The SMILES string of the molecule is COc1c(C2(CN)CCCC2)ccc(F)c1O. The molecule has 1 aliphatic rings. The topological polar surface area (TPSA) is 55.5 Å². The Hall–Kier alpha value is -1.29. The summed E-state index contributed by atoms with van der Waals surface area (Å²) >= 11 is 0. The monoisotopic (exact) mass is 239 g/mol. The molecule has 1 fully saturated rings. The lowest BCUT2D eigenvalue weighted by Gasteiger charge is -2.29. The van der Waals surface area contributed by atoms with Crippen molar-refractivity contribution >= 4 is 0 Å². The van der Waals surface area contributed by atoms with Gasteiger partial charge in [0.1, 0.15) is 0 Å². The molecule has 3 N–H and O–H groups in total. The van der Waals surface area contributed by atoms with Crippen molar-refractivity contribution < 1.29 is 14.2 Å². The molecule has 0 aromatic heterocycles. The standard InChI is InChI=1S/C13H18FNO2/c1-17-12-9(4-5-10(14)11(12)16)13(8-15)6-2-3-7-13/h4-5,16H,2-3,6-8,15H2,1H3. The first kappa shape index (κ1) is 12.2. The molecule has 94 valence electrons. The van der Waals surface area contributed by atoms with Crippen LogP contribution in [0.4, 0.5) is 4.39 Å². The molecule has 2 rings (SSSR count). The Morgan fingerprint density at radius 2 is 2.06 bits per heavy atom. The van der Waals surface area contributed by atoms with Crippen molar-refractivity contribution in [1.29, 1.82) is 0 Å². The minimum Gasteiger partial charge on any atom is -0.502 e.